The summed E-state index contributed by atoms with van der Waals surface area (Å²) >= 11 is 0. The van der Waals surface area contributed by atoms with Gasteiger partial charge >= 0.3 is 0 Å². The van der Waals surface area contributed by atoms with Crippen LogP contribution in [0.5, 0.6) is 11.5 Å². The predicted molar refractivity (Wildman–Crippen MR) is 96.5 cm³/mol. The molecule has 6 heteroatoms. The molecular weight excluding hydrogens is 318 g/mol. The molecule has 0 atom stereocenters. The number of fused-ring (bicyclic) bond motifs is 1. The first-order valence-electron chi connectivity index (χ1n) is 7.98. The van der Waals surface area contributed by atoms with E-state index in [9.17, 15) is 4.79 Å². The molecule has 2 aromatic heterocycles. The van der Waals surface area contributed by atoms with Gasteiger partial charge in [0.1, 0.15) is 5.65 Å². The number of aryl methyl sites for hydroxylation is 2. The van der Waals surface area contributed by atoms with Crippen molar-refractivity contribution in [3.05, 3.63) is 53.5 Å². The number of methoxy groups -OCH3 is 2. The second-order valence-electron chi connectivity index (χ2n) is 5.82. The molecule has 1 aromatic carbocycles. The van der Waals surface area contributed by atoms with Crippen molar-refractivity contribution in [2.45, 2.75) is 20.3 Å². The number of anilines is 1. The number of rotatable bonds is 5. The Balaban J connectivity index is 1.82. The molecule has 0 bridgehead atoms. The van der Waals surface area contributed by atoms with Crippen molar-refractivity contribution in [1.82, 2.24) is 9.38 Å². The molecule has 130 valence electrons. The summed E-state index contributed by atoms with van der Waals surface area (Å²) in [5, 5.41) is 2.90. The minimum Gasteiger partial charge on any atom is -0.493 e. The maximum absolute atomic E-state index is 12.5. The lowest BCUT2D eigenvalue weighted by molar-refractivity contribution is -0.115. The van der Waals surface area contributed by atoms with Gasteiger partial charge in [0, 0.05) is 18.0 Å². The average molecular weight is 339 g/mol. The van der Waals surface area contributed by atoms with Crippen LogP contribution in [-0.2, 0) is 11.2 Å². The van der Waals surface area contributed by atoms with E-state index in [1.807, 2.05) is 36.6 Å². The van der Waals surface area contributed by atoms with E-state index in [0.29, 0.717) is 17.2 Å². The van der Waals surface area contributed by atoms with Gasteiger partial charge in [0.05, 0.1) is 32.0 Å². The van der Waals surface area contributed by atoms with Crippen LogP contribution in [0.4, 0.5) is 5.69 Å². The highest BCUT2D eigenvalue weighted by Gasteiger charge is 2.14. The molecule has 2 heterocycles. The van der Waals surface area contributed by atoms with E-state index in [-0.39, 0.29) is 12.3 Å². The molecule has 0 radical (unpaired) electrons. The second-order valence-corrected chi connectivity index (χ2v) is 5.82. The number of ether oxygens (including phenoxy) is 2. The molecule has 1 N–H and O–H groups in total. The van der Waals surface area contributed by atoms with Gasteiger partial charge < -0.3 is 19.2 Å². The molecule has 6 nitrogen and oxygen atoms in total. The second kappa shape index (κ2) is 6.84. The van der Waals surface area contributed by atoms with Gasteiger partial charge in [-0.1, -0.05) is 6.07 Å². The van der Waals surface area contributed by atoms with E-state index in [1.165, 1.54) is 0 Å². The number of nitrogens with one attached hydrogen (secondary N) is 1. The van der Waals surface area contributed by atoms with Crippen LogP contribution in [-0.4, -0.2) is 29.5 Å². The van der Waals surface area contributed by atoms with Gasteiger partial charge in [0.15, 0.2) is 11.5 Å². The van der Waals surface area contributed by atoms with Gasteiger partial charge in [-0.3, -0.25) is 4.79 Å². The normalized spacial score (nSPS) is 10.7. The minimum atomic E-state index is -0.112. The number of nitrogens with zero attached hydrogens (tertiary/aromatic N) is 2. The summed E-state index contributed by atoms with van der Waals surface area (Å²) in [6, 6.07) is 9.25. The molecule has 0 fully saturated rings. The van der Waals surface area contributed by atoms with Crippen molar-refractivity contribution >= 4 is 17.2 Å². The summed E-state index contributed by atoms with van der Waals surface area (Å²) in [6.45, 7) is 3.93. The van der Waals surface area contributed by atoms with Crippen molar-refractivity contribution in [2.24, 2.45) is 0 Å². The smallest absolute Gasteiger partial charge is 0.230 e. The van der Waals surface area contributed by atoms with Crippen LogP contribution in [0.25, 0.3) is 5.65 Å². The lowest BCUT2D eigenvalue weighted by Gasteiger charge is -2.11. The molecule has 0 spiro atoms. The van der Waals surface area contributed by atoms with E-state index >= 15 is 0 Å². The van der Waals surface area contributed by atoms with Crippen LogP contribution in [0.15, 0.2) is 36.5 Å². The SMILES string of the molecule is COc1ccc(NC(=O)Cc2c(C)nc3c(C)cccn23)cc1OC. The molecule has 0 unspecified atom stereocenters. The third-order valence-electron chi connectivity index (χ3n) is 4.14. The lowest BCUT2D eigenvalue weighted by Crippen LogP contribution is -2.16. The lowest BCUT2D eigenvalue weighted by atomic mass is 10.2. The van der Waals surface area contributed by atoms with Crippen molar-refractivity contribution in [1.29, 1.82) is 0 Å². The topological polar surface area (TPSA) is 64.9 Å². The Bertz CT molecular complexity index is 931. The number of aromatic nitrogens is 2. The molecule has 0 aliphatic rings. The van der Waals surface area contributed by atoms with Gasteiger partial charge in [-0.15, -0.1) is 0 Å². The Kier molecular flexibility index (Phi) is 4.61. The molecule has 0 saturated carbocycles. The maximum Gasteiger partial charge on any atom is 0.230 e. The van der Waals surface area contributed by atoms with Crippen molar-refractivity contribution in [3.63, 3.8) is 0 Å². The maximum atomic E-state index is 12.5. The van der Waals surface area contributed by atoms with Crippen LogP contribution < -0.4 is 14.8 Å². The third-order valence-corrected chi connectivity index (χ3v) is 4.14. The largest absolute Gasteiger partial charge is 0.493 e. The fourth-order valence-electron chi connectivity index (χ4n) is 2.85. The molecule has 25 heavy (non-hydrogen) atoms. The van der Waals surface area contributed by atoms with Crippen molar-refractivity contribution in [2.75, 3.05) is 19.5 Å². The number of carbonyl (C=O) groups excluding carboxylic acids is 1. The van der Waals surface area contributed by atoms with Gasteiger partial charge in [-0.2, -0.15) is 0 Å². The molecule has 0 aliphatic carbocycles. The van der Waals surface area contributed by atoms with Crippen LogP contribution in [0.2, 0.25) is 0 Å². The zero-order chi connectivity index (χ0) is 18.0. The first kappa shape index (κ1) is 16.8. The monoisotopic (exact) mass is 339 g/mol. The van der Waals surface area contributed by atoms with E-state index in [1.54, 1.807) is 32.4 Å². The third kappa shape index (κ3) is 3.28. The number of imidazole rings is 1. The van der Waals surface area contributed by atoms with Crippen LogP contribution in [0.1, 0.15) is 17.0 Å². The molecule has 3 aromatic rings. The fourth-order valence-corrected chi connectivity index (χ4v) is 2.85. The minimum absolute atomic E-state index is 0.112. The first-order valence-corrected chi connectivity index (χ1v) is 7.98. The number of benzene rings is 1. The Hall–Kier alpha value is -3.02. The van der Waals surface area contributed by atoms with Crippen molar-refractivity contribution in [3.8, 4) is 11.5 Å². The number of carbonyl (C=O) groups is 1. The molecule has 3 rings (SSSR count). The zero-order valence-electron chi connectivity index (χ0n) is 14.8. The predicted octanol–water partition coefficient (Wildman–Crippen LogP) is 3.15. The summed E-state index contributed by atoms with van der Waals surface area (Å²) < 4.78 is 12.4. The summed E-state index contributed by atoms with van der Waals surface area (Å²) in [5.74, 6) is 1.08. The van der Waals surface area contributed by atoms with Gasteiger partial charge in [0.25, 0.3) is 0 Å². The quantitative estimate of drug-likeness (QED) is 0.775. The fraction of sp³-hybridized carbons (Fsp3) is 0.263. The number of hydrogen-bond acceptors (Lipinski definition) is 4. The first-order chi connectivity index (χ1) is 12.0. The number of amides is 1. The van der Waals surface area contributed by atoms with Crippen LogP contribution in [0, 0.1) is 13.8 Å². The summed E-state index contributed by atoms with van der Waals surface area (Å²) in [6.07, 6.45) is 2.17. The highest BCUT2D eigenvalue weighted by atomic mass is 16.5. The van der Waals surface area contributed by atoms with Gasteiger partial charge in [-0.25, -0.2) is 4.98 Å². The number of pyridine rings is 1. The van der Waals surface area contributed by atoms with Crippen molar-refractivity contribution < 1.29 is 14.3 Å². The van der Waals surface area contributed by atoms with E-state index in [2.05, 4.69) is 10.3 Å². The average Bonchev–Trinajstić information content (AvgIpc) is 2.92. The summed E-state index contributed by atoms with van der Waals surface area (Å²) in [4.78, 5) is 17.1. The van der Waals surface area contributed by atoms with E-state index in [4.69, 9.17) is 9.47 Å². The highest BCUT2D eigenvalue weighted by Crippen LogP contribution is 2.29. The molecule has 0 aliphatic heterocycles. The Morgan fingerprint density at radius 1 is 1.16 bits per heavy atom. The standard InChI is InChI=1S/C19H21N3O3/c1-12-6-5-9-22-15(13(2)20-19(12)22)11-18(23)21-14-7-8-16(24-3)17(10-14)25-4/h5-10H,11H2,1-4H3,(H,21,23). The van der Waals surface area contributed by atoms with Gasteiger partial charge in [0.2, 0.25) is 5.91 Å². The van der Waals surface area contributed by atoms with Gasteiger partial charge in [-0.05, 0) is 37.6 Å². The Morgan fingerprint density at radius 2 is 1.92 bits per heavy atom. The van der Waals surface area contributed by atoms with E-state index in [0.717, 1.165) is 22.6 Å². The Morgan fingerprint density at radius 3 is 2.64 bits per heavy atom. The van der Waals surface area contributed by atoms with Crippen LogP contribution >= 0.6 is 0 Å². The molecule has 0 saturated heterocycles. The zero-order valence-corrected chi connectivity index (χ0v) is 14.8. The molecular formula is C19H21N3O3. The van der Waals surface area contributed by atoms with Crippen LogP contribution in [0.3, 0.4) is 0 Å². The summed E-state index contributed by atoms with van der Waals surface area (Å²) in [7, 11) is 3.14. The molecule has 1 amide bonds. The number of hydrogen-bond donors (Lipinski definition) is 1. The van der Waals surface area contributed by atoms with E-state index < -0.39 is 0 Å². The summed E-state index contributed by atoms with van der Waals surface area (Å²) in [5.41, 5.74) is 4.37. The Labute approximate surface area is 146 Å². The highest BCUT2D eigenvalue weighted by molar-refractivity contribution is 5.92.